The third kappa shape index (κ3) is 4.07. The number of hydrogen-bond acceptors (Lipinski definition) is 4. The van der Waals surface area contributed by atoms with E-state index in [-0.39, 0.29) is 5.37 Å². The van der Waals surface area contributed by atoms with E-state index >= 15 is 0 Å². The van der Waals surface area contributed by atoms with Gasteiger partial charge >= 0.3 is 6.18 Å². The fourth-order valence-electron chi connectivity index (χ4n) is 2.59. The first-order chi connectivity index (χ1) is 11.8. The summed E-state index contributed by atoms with van der Waals surface area (Å²) in [4.78, 5) is 1.61. The van der Waals surface area contributed by atoms with Crippen molar-refractivity contribution in [3.05, 3.63) is 53.9 Å². The van der Waals surface area contributed by atoms with Crippen LogP contribution in [0.15, 0.2) is 46.9 Å². The topological polar surface area (TPSA) is 24.8 Å². The predicted octanol–water partition coefficient (Wildman–Crippen LogP) is 4.96. The lowest BCUT2D eigenvalue weighted by molar-refractivity contribution is -0.139. The zero-order valence-corrected chi connectivity index (χ0v) is 14.1. The molecule has 2 unspecified atom stereocenters. The van der Waals surface area contributed by atoms with Gasteiger partial charge < -0.3 is 9.64 Å². The van der Waals surface area contributed by atoms with Crippen LogP contribution in [0, 0.1) is 5.82 Å². The van der Waals surface area contributed by atoms with Crippen molar-refractivity contribution in [2.24, 2.45) is 4.40 Å². The molecule has 0 saturated heterocycles. The molecule has 0 fully saturated rings. The minimum Gasteiger partial charge on any atom is -0.368 e. The molecule has 3 nitrogen and oxygen atoms in total. The Morgan fingerprint density at radius 2 is 2.16 bits per heavy atom. The summed E-state index contributed by atoms with van der Waals surface area (Å²) < 4.78 is 61.9. The Hall–Kier alpha value is -1.80. The van der Waals surface area contributed by atoms with Crippen LogP contribution in [0.1, 0.15) is 18.9 Å². The van der Waals surface area contributed by atoms with Gasteiger partial charge in [-0.25, -0.2) is 8.79 Å². The smallest absolute Gasteiger partial charge is 0.368 e. The van der Waals surface area contributed by atoms with Crippen LogP contribution in [-0.4, -0.2) is 23.9 Å². The van der Waals surface area contributed by atoms with E-state index in [4.69, 9.17) is 4.74 Å². The van der Waals surface area contributed by atoms with Crippen molar-refractivity contribution < 1.29 is 22.3 Å². The summed E-state index contributed by atoms with van der Waals surface area (Å²) >= 11 is 1.23. The third-order valence-electron chi connectivity index (χ3n) is 4.00. The molecule has 1 aromatic carbocycles. The van der Waals surface area contributed by atoms with Gasteiger partial charge in [0, 0.05) is 17.6 Å². The highest BCUT2D eigenvalue weighted by Gasteiger charge is 2.35. The maximum Gasteiger partial charge on any atom is 0.419 e. The molecule has 8 heteroatoms. The maximum atomic E-state index is 13.8. The number of nitrogens with zero attached hydrogens (tertiary/aromatic N) is 2. The third-order valence-corrected chi connectivity index (χ3v) is 4.82. The predicted molar refractivity (Wildman–Crippen MR) is 91.0 cm³/mol. The molecule has 1 aliphatic heterocycles. The maximum absolute atomic E-state index is 13.8. The monoisotopic (exact) mass is 372 g/mol. The van der Waals surface area contributed by atoms with Crippen LogP contribution in [-0.2, 0) is 10.9 Å². The lowest BCUT2D eigenvalue weighted by Crippen LogP contribution is -2.36. The molecule has 0 spiro atoms. The number of allylic oxidation sites excluding steroid dienone is 2. The summed E-state index contributed by atoms with van der Waals surface area (Å²) in [7, 11) is 0. The second-order valence-electron chi connectivity index (χ2n) is 5.97. The molecule has 0 aromatic heterocycles. The van der Waals surface area contributed by atoms with Gasteiger partial charge in [-0.3, -0.25) is 0 Å². The summed E-state index contributed by atoms with van der Waals surface area (Å²) in [6.07, 6.45) is 5.29. The van der Waals surface area contributed by atoms with Gasteiger partial charge in [0.05, 0.1) is 17.8 Å². The first-order valence-corrected chi connectivity index (χ1v) is 8.45. The van der Waals surface area contributed by atoms with E-state index in [1.807, 2.05) is 31.2 Å². The van der Waals surface area contributed by atoms with Crippen molar-refractivity contribution >= 4 is 24.0 Å². The van der Waals surface area contributed by atoms with Gasteiger partial charge in [-0.1, -0.05) is 24.3 Å². The molecule has 2 aliphatic rings. The van der Waals surface area contributed by atoms with E-state index in [0.717, 1.165) is 18.6 Å². The Morgan fingerprint density at radius 3 is 2.80 bits per heavy atom. The van der Waals surface area contributed by atoms with Crippen LogP contribution >= 0.6 is 11.9 Å². The Labute approximate surface area is 147 Å². The number of ether oxygens (including phenoxy) is 1. The minimum absolute atomic E-state index is 0.271. The first-order valence-electron chi connectivity index (χ1n) is 7.61. The van der Waals surface area contributed by atoms with E-state index in [9.17, 15) is 17.6 Å². The fraction of sp³-hybridized carbons (Fsp3) is 0.353. The van der Waals surface area contributed by atoms with Gasteiger partial charge in [0.1, 0.15) is 17.5 Å². The molecule has 0 saturated carbocycles. The van der Waals surface area contributed by atoms with E-state index in [1.165, 1.54) is 24.4 Å². The first kappa shape index (κ1) is 18.0. The van der Waals surface area contributed by atoms with Crippen molar-refractivity contribution in [3.8, 4) is 0 Å². The average molecular weight is 372 g/mol. The van der Waals surface area contributed by atoms with Gasteiger partial charge in [-0.15, -0.1) is 0 Å². The summed E-state index contributed by atoms with van der Waals surface area (Å²) in [5.74, 6) is -1.30. The van der Waals surface area contributed by atoms with Crippen molar-refractivity contribution in [2.75, 3.05) is 11.5 Å². The standard InChI is InChI=1S/C17H16F4N2OS/c1-16(7-3-2-4-8-16)24-10-15-23(11-22-25-15)12-5-6-13(14(18)9-12)17(19,20)21/h2-7,9,11,15H,8,10H2,1H3. The molecule has 3 rings (SSSR count). The SMILES string of the molecule is CC1(OCC2SN=CN2c2ccc(C(F)(F)F)c(F)c2)C=CC=CC1. The molecule has 1 aromatic rings. The number of hydrogen-bond donors (Lipinski definition) is 0. The molecule has 0 N–H and O–H groups in total. The average Bonchev–Trinajstić information content (AvgIpc) is 3.01. The van der Waals surface area contributed by atoms with Gasteiger partial charge in [0.25, 0.3) is 0 Å². The summed E-state index contributed by atoms with van der Waals surface area (Å²) in [6.45, 7) is 2.25. The molecule has 2 atom stereocenters. The molecule has 1 aliphatic carbocycles. The van der Waals surface area contributed by atoms with Crippen LogP contribution in [0.2, 0.25) is 0 Å². The van der Waals surface area contributed by atoms with Gasteiger partial charge in [0.15, 0.2) is 0 Å². The second kappa shape index (κ2) is 6.84. The summed E-state index contributed by atoms with van der Waals surface area (Å²) in [5, 5.41) is -0.271. The molecule has 1 heterocycles. The van der Waals surface area contributed by atoms with E-state index in [2.05, 4.69) is 4.40 Å². The van der Waals surface area contributed by atoms with E-state index in [0.29, 0.717) is 12.3 Å². The van der Waals surface area contributed by atoms with Crippen molar-refractivity contribution in [1.29, 1.82) is 0 Å². The number of anilines is 1. The normalized spacial score (nSPS) is 25.8. The van der Waals surface area contributed by atoms with E-state index < -0.39 is 23.2 Å². The van der Waals surface area contributed by atoms with Crippen molar-refractivity contribution in [2.45, 2.75) is 30.5 Å². The molecular weight excluding hydrogens is 356 g/mol. The van der Waals surface area contributed by atoms with Crippen LogP contribution < -0.4 is 4.90 Å². The molecule has 0 radical (unpaired) electrons. The molecule has 0 bridgehead atoms. The summed E-state index contributed by atoms with van der Waals surface area (Å²) in [6, 6.07) is 2.86. The van der Waals surface area contributed by atoms with Crippen molar-refractivity contribution in [3.63, 3.8) is 0 Å². The van der Waals surface area contributed by atoms with Crippen LogP contribution in [0.5, 0.6) is 0 Å². The summed E-state index contributed by atoms with van der Waals surface area (Å²) in [5.41, 5.74) is -1.41. The van der Waals surface area contributed by atoms with Crippen LogP contribution in [0.3, 0.4) is 0 Å². The van der Waals surface area contributed by atoms with Gasteiger partial charge in [-0.2, -0.15) is 13.2 Å². The number of benzene rings is 1. The zero-order chi connectivity index (χ0) is 18.1. The highest BCUT2D eigenvalue weighted by Crippen LogP contribution is 2.35. The van der Waals surface area contributed by atoms with Crippen molar-refractivity contribution in [1.82, 2.24) is 0 Å². The Balaban J connectivity index is 1.71. The molecule has 25 heavy (non-hydrogen) atoms. The van der Waals surface area contributed by atoms with E-state index in [1.54, 1.807) is 4.90 Å². The van der Waals surface area contributed by atoms with Gasteiger partial charge in [0.2, 0.25) is 0 Å². The minimum atomic E-state index is -4.71. The lowest BCUT2D eigenvalue weighted by Gasteiger charge is -2.30. The quantitative estimate of drug-likeness (QED) is 0.552. The molecule has 0 amide bonds. The molecular formula is C17H16F4N2OS. The Kier molecular flexibility index (Phi) is 4.92. The van der Waals surface area contributed by atoms with Crippen LogP contribution in [0.25, 0.3) is 0 Å². The number of rotatable bonds is 4. The lowest BCUT2D eigenvalue weighted by atomic mass is 9.98. The zero-order valence-electron chi connectivity index (χ0n) is 13.3. The number of alkyl halides is 3. The van der Waals surface area contributed by atoms with Crippen LogP contribution in [0.4, 0.5) is 23.2 Å². The highest BCUT2D eigenvalue weighted by atomic mass is 32.2. The second-order valence-corrected chi connectivity index (χ2v) is 6.93. The molecule has 134 valence electrons. The number of halogens is 4. The highest BCUT2D eigenvalue weighted by molar-refractivity contribution is 7.99. The Morgan fingerprint density at radius 1 is 1.36 bits per heavy atom. The van der Waals surface area contributed by atoms with Gasteiger partial charge in [-0.05, 0) is 31.5 Å². The Bertz CT molecular complexity index is 732. The fourth-order valence-corrected chi connectivity index (χ4v) is 3.29. The largest absolute Gasteiger partial charge is 0.419 e.